The maximum atomic E-state index is 12.8. The summed E-state index contributed by atoms with van der Waals surface area (Å²) in [6.45, 7) is 2.63. The minimum Gasteiger partial charge on any atom is -0.345 e. The summed E-state index contributed by atoms with van der Waals surface area (Å²) in [6, 6.07) is -1.45. The van der Waals surface area contributed by atoms with E-state index in [-0.39, 0.29) is 17.7 Å². The number of rotatable bonds is 8. The summed E-state index contributed by atoms with van der Waals surface area (Å²) >= 11 is 0. The molecular weight excluding hydrogens is 318 g/mol. The second-order valence-corrected chi connectivity index (χ2v) is 7.51. The van der Waals surface area contributed by atoms with Gasteiger partial charge in [0.2, 0.25) is 11.8 Å². The van der Waals surface area contributed by atoms with Crippen molar-refractivity contribution in [2.45, 2.75) is 89.3 Å². The van der Waals surface area contributed by atoms with E-state index in [1.165, 1.54) is 6.42 Å². The molecule has 3 atom stereocenters. The van der Waals surface area contributed by atoms with E-state index in [4.69, 9.17) is 5.73 Å². The van der Waals surface area contributed by atoms with Gasteiger partial charge < -0.3 is 20.7 Å². The van der Waals surface area contributed by atoms with E-state index >= 15 is 0 Å². The molecule has 0 aromatic heterocycles. The van der Waals surface area contributed by atoms with Crippen LogP contribution in [0.15, 0.2) is 0 Å². The van der Waals surface area contributed by atoms with Crippen molar-refractivity contribution in [2.75, 3.05) is 6.54 Å². The predicted octanol–water partition coefficient (Wildman–Crippen LogP) is 1.76. The molecule has 1 heterocycles. The Labute approximate surface area is 150 Å². The summed E-state index contributed by atoms with van der Waals surface area (Å²) < 4.78 is 0. The first kappa shape index (κ1) is 19.9. The Bertz CT molecular complexity index is 463. The molecular formula is C19H33N3O3. The lowest BCUT2D eigenvalue weighted by molar-refractivity contribution is -0.141. The molecule has 0 radical (unpaired) electrons. The largest absolute Gasteiger partial charge is 0.345 e. The third-order valence-electron chi connectivity index (χ3n) is 5.64. The highest BCUT2D eigenvalue weighted by Gasteiger charge is 2.38. The molecule has 1 aliphatic carbocycles. The van der Waals surface area contributed by atoms with Crippen molar-refractivity contribution in [2.24, 2.45) is 11.7 Å². The van der Waals surface area contributed by atoms with Crippen LogP contribution in [0.3, 0.4) is 0 Å². The summed E-state index contributed by atoms with van der Waals surface area (Å²) in [5.41, 5.74) is 6.25. The number of hydrogen-bond donors (Lipinski definition) is 2. The molecule has 2 fully saturated rings. The van der Waals surface area contributed by atoms with Crippen LogP contribution in [0.25, 0.3) is 0 Å². The Balaban J connectivity index is 1.94. The maximum Gasteiger partial charge on any atom is 0.243 e. The van der Waals surface area contributed by atoms with Gasteiger partial charge in [-0.15, -0.1) is 0 Å². The van der Waals surface area contributed by atoms with Crippen LogP contribution in [-0.4, -0.2) is 47.7 Å². The Hall–Kier alpha value is -1.43. The van der Waals surface area contributed by atoms with Crippen LogP contribution < -0.4 is 11.1 Å². The van der Waals surface area contributed by atoms with Crippen molar-refractivity contribution < 1.29 is 14.4 Å². The quantitative estimate of drug-likeness (QED) is 0.652. The molecule has 3 N–H and O–H groups in total. The van der Waals surface area contributed by atoms with E-state index in [0.717, 1.165) is 51.2 Å². The molecule has 1 unspecified atom stereocenters. The molecule has 25 heavy (non-hydrogen) atoms. The van der Waals surface area contributed by atoms with Crippen LogP contribution in [0.2, 0.25) is 0 Å². The normalized spacial score (nSPS) is 23.9. The fourth-order valence-electron chi connectivity index (χ4n) is 4.07. The lowest BCUT2D eigenvalue weighted by Crippen LogP contribution is -2.54. The second kappa shape index (κ2) is 9.90. The van der Waals surface area contributed by atoms with Crippen molar-refractivity contribution in [1.29, 1.82) is 0 Å². The van der Waals surface area contributed by atoms with E-state index in [1.54, 1.807) is 4.90 Å². The molecule has 1 saturated heterocycles. The van der Waals surface area contributed by atoms with Crippen LogP contribution in [0.5, 0.6) is 0 Å². The van der Waals surface area contributed by atoms with Gasteiger partial charge in [-0.05, 0) is 38.0 Å². The average Bonchev–Trinajstić information content (AvgIpc) is 3.14. The standard InChI is InChI=1S/C19H33N3O3/c1-2-3-10-15(13-23)21-18(24)16-11-7-12-22(16)19(25)17(20)14-8-5-4-6-9-14/h13-17H,2-12,20H2,1H3,(H,21,24)/t15?,16-,17-/m0/s1. The van der Waals surface area contributed by atoms with E-state index < -0.39 is 18.1 Å². The Morgan fingerprint density at radius 2 is 1.92 bits per heavy atom. The second-order valence-electron chi connectivity index (χ2n) is 7.51. The van der Waals surface area contributed by atoms with Gasteiger partial charge in [0.05, 0.1) is 12.1 Å². The molecule has 1 aliphatic heterocycles. The van der Waals surface area contributed by atoms with Gasteiger partial charge in [0, 0.05) is 6.54 Å². The number of hydrogen-bond acceptors (Lipinski definition) is 4. The number of likely N-dealkylation sites (tertiary alicyclic amines) is 1. The highest BCUT2D eigenvalue weighted by atomic mass is 16.2. The van der Waals surface area contributed by atoms with Gasteiger partial charge >= 0.3 is 0 Å². The number of nitrogens with zero attached hydrogens (tertiary/aromatic N) is 1. The molecule has 6 nitrogen and oxygen atoms in total. The maximum absolute atomic E-state index is 12.8. The lowest BCUT2D eigenvalue weighted by atomic mass is 9.83. The van der Waals surface area contributed by atoms with Gasteiger partial charge in [-0.3, -0.25) is 9.59 Å². The molecule has 2 rings (SSSR count). The Morgan fingerprint density at radius 3 is 2.56 bits per heavy atom. The average molecular weight is 351 g/mol. The highest BCUT2D eigenvalue weighted by Crippen LogP contribution is 2.28. The van der Waals surface area contributed by atoms with Gasteiger partial charge in [-0.2, -0.15) is 0 Å². The fraction of sp³-hybridized carbons (Fsp3) is 0.842. The minimum atomic E-state index is -0.504. The van der Waals surface area contributed by atoms with E-state index in [1.807, 2.05) is 6.92 Å². The number of carbonyl (C=O) groups is 3. The van der Waals surface area contributed by atoms with Gasteiger partial charge in [-0.25, -0.2) is 0 Å². The molecule has 2 amide bonds. The fourth-order valence-corrected chi connectivity index (χ4v) is 4.07. The first-order chi connectivity index (χ1) is 12.1. The molecule has 0 bridgehead atoms. The van der Waals surface area contributed by atoms with E-state index in [0.29, 0.717) is 19.4 Å². The molecule has 0 spiro atoms. The first-order valence-electron chi connectivity index (χ1n) is 9.90. The number of nitrogens with two attached hydrogens (primary N) is 1. The van der Waals surface area contributed by atoms with Crippen LogP contribution >= 0.6 is 0 Å². The van der Waals surface area contributed by atoms with E-state index in [9.17, 15) is 14.4 Å². The zero-order valence-corrected chi connectivity index (χ0v) is 15.4. The van der Waals surface area contributed by atoms with Crippen molar-refractivity contribution in [3.8, 4) is 0 Å². The van der Waals surface area contributed by atoms with Crippen LogP contribution in [0, 0.1) is 5.92 Å². The summed E-state index contributed by atoms with van der Waals surface area (Å²) in [7, 11) is 0. The lowest BCUT2D eigenvalue weighted by Gasteiger charge is -2.32. The minimum absolute atomic E-state index is 0.0965. The van der Waals surface area contributed by atoms with Crippen LogP contribution in [-0.2, 0) is 14.4 Å². The van der Waals surface area contributed by atoms with Gasteiger partial charge in [0.25, 0.3) is 0 Å². The summed E-state index contributed by atoms with van der Waals surface area (Å²) in [6.07, 6.45) is 10.3. The number of amides is 2. The summed E-state index contributed by atoms with van der Waals surface area (Å²) in [5, 5.41) is 2.81. The zero-order chi connectivity index (χ0) is 18.2. The Morgan fingerprint density at radius 1 is 1.20 bits per heavy atom. The third-order valence-corrected chi connectivity index (χ3v) is 5.64. The van der Waals surface area contributed by atoms with Crippen LogP contribution in [0.4, 0.5) is 0 Å². The zero-order valence-electron chi connectivity index (χ0n) is 15.4. The highest BCUT2D eigenvalue weighted by molar-refractivity contribution is 5.91. The molecule has 0 aromatic rings. The molecule has 142 valence electrons. The predicted molar refractivity (Wildman–Crippen MR) is 96.8 cm³/mol. The number of unbranched alkanes of at least 4 members (excludes halogenated alkanes) is 1. The molecule has 0 aromatic carbocycles. The topological polar surface area (TPSA) is 92.5 Å². The third kappa shape index (κ3) is 5.27. The molecule has 2 aliphatic rings. The van der Waals surface area contributed by atoms with Crippen molar-refractivity contribution in [3.63, 3.8) is 0 Å². The molecule has 1 saturated carbocycles. The Kier molecular flexibility index (Phi) is 7.88. The SMILES string of the molecule is CCCCC(C=O)NC(=O)[C@@H]1CCCN1C(=O)[C@@H](N)C1CCCCC1. The van der Waals surface area contributed by atoms with E-state index in [2.05, 4.69) is 5.32 Å². The summed E-state index contributed by atoms with van der Waals surface area (Å²) in [4.78, 5) is 38.3. The van der Waals surface area contributed by atoms with Crippen molar-refractivity contribution in [1.82, 2.24) is 10.2 Å². The first-order valence-corrected chi connectivity index (χ1v) is 9.90. The van der Waals surface area contributed by atoms with Gasteiger partial charge in [0.15, 0.2) is 0 Å². The number of nitrogens with one attached hydrogen (secondary N) is 1. The number of aldehydes is 1. The smallest absolute Gasteiger partial charge is 0.243 e. The van der Waals surface area contributed by atoms with Crippen LogP contribution in [0.1, 0.15) is 71.1 Å². The van der Waals surface area contributed by atoms with Gasteiger partial charge in [0.1, 0.15) is 12.3 Å². The monoisotopic (exact) mass is 351 g/mol. The summed E-state index contributed by atoms with van der Waals surface area (Å²) in [5.74, 6) is -0.0755. The molecule has 6 heteroatoms. The van der Waals surface area contributed by atoms with Crippen molar-refractivity contribution in [3.05, 3.63) is 0 Å². The van der Waals surface area contributed by atoms with Gasteiger partial charge in [-0.1, -0.05) is 39.0 Å². The van der Waals surface area contributed by atoms with Crippen molar-refractivity contribution >= 4 is 18.1 Å². The number of carbonyl (C=O) groups excluding carboxylic acids is 3.